The molecule has 1 atom stereocenters. The molecule has 180 valence electrons. The standard InChI is InChI=1S/C27H27N3O4S/c1-34-26(32)22-19-12-6-8-14-21(19)35-24(22)29-27(33)28-23(18-10-3-2-4-11-18)25(31)30-16-15-17-9-5-7-13-20(17)30/h2-5,7,9-11,13,23H,6,8,12,14-16H2,1H3,(H2,28,29,33)/t23-/m0/s1. The van der Waals surface area contributed by atoms with Gasteiger partial charge in [-0.15, -0.1) is 11.3 Å². The lowest BCUT2D eigenvalue weighted by Crippen LogP contribution is -2.44. The lowest BCUT2D eigenvalue weighted by atomic mass is 9.95. The van der Waals surface area contributed by atoms with E-state index in [0.29, 0.717) is 22.7 Å². The Morgan fingerprint density at radius 3 is 2.51 bits per heavy atom. The Morgan fingerprint density at radius 2 is 1.71 bits per heavy atom. The lowest BCUT2D eigenvalue weighted by molar-refractivity contribution is -0.120. The van der Waals surface area contributed by atoms with Gasteiger partial charge >= 0.3 is 12.0 Å². The quantitative estimate of drug-likeness (QED) is 0.501. The molecule has 2 aliphatic rings. The van der Waals surface area contributed by atoms with Crippen molar-refractivity contribution in [2.24, 2.45) is 0 Å². The van der Waals surface area contributed by atoms with Gasteiger partial charge in [0.2, 0.25) is 0 Å². The predicted molar refractivity (Wildman–Crippen MR) is 136 cm³/mol. The van der Waals surface area contributed by atoms with Crippen LogP contribution in [0.2, 0.25) is 0 Å². The second-order valence-electron chi connectivity index (χ2n) is 8.72. The fourth-order valence-corrected chi connectivity index (χ4v) is 6.17. The number of methoxy groups -OCH3 is 1. The average Bonchev–Trinajstić information content (AvgIpc) is 3.48. The number of aryl methyl sites for hydroxylation is 1. The first-order valence-electron chi connectivity index (χ1n) is 11.8. The van der Waals surface area contributed by atoms with E-state index in [1.54, 1.807) is 4.90 Å². The summed E-state index contributed by atoms with van der Waals surface area (Å²) in [5, 5.41) is 6.18. The number of ether oxygens (including phenoxy) is 1. The number of amides is 3. The van der Waals surface area contributed by atoms with Gasteiger partial charge in [0.15, 0.2) is 0 Å². The topological polar surface area (TPSA) is 87.7 Å². The summed E-state index contributed by atoms with van der Waals surface area (Å²) in [7, 11) is 1.34. The summed E-state index contributed by atoms with van der Waals surface area (Å²) in [6, 6.07) is 15.6. The van der Waals surface area contributed by atoms with E-state index in [9.17, 15) is 14.4 Å². The SMILES string of the molecule is COC(=O)c1c(NC(=O)N[C@H](C(=O)N2CCc3ccccc32)c2ccccc2)sc2c1CCCC2. The molecule has 0 spiro atoms. The number of hydrogen-bond acceptors (Lipinski definition) is 5. The molecule has 7 nitrogen and oxygen atoms in total. The summed E-state index contributed by atoms with van der Waals surface area (Å²) in [5.74, 6) is -0.654. The largest absolute Gasteiger partial charge is 0.465 e. The molecule has 0 bridgehead atoms. The third-order valence-corrected chi connectivity index (χ3v) is 7.80. The molecule has 0 fully saturated rings. The van der Waals surface area contributed by atoms with Crippen molar-refractivity contribution in [2.75, 3.05) is 23.9 Å². The van der Waals surface area contributed by atoms with Crippen LogP contribution in [-0.2, 0) is 28.8 Å². The Balaban J connectivity index is 1.41. The van der Waals surface area contributed by atoms with Crippen molar-refractivity contribution in [3.05, 3.63) is 81.7 Å². The molecule has 1 aliphatic carbocycles. The van der Waals surface area contributed by atoms with E-state index in [1.807, 2.05) is 54.6 Å². The van der Waals surface area contributed by atoms with Crippen LogP contribution in [0.3, 0.4) is 0 Å². The van der Waals surface area contributed by atoms with E-state index in [2.05, 4.69) is 10.6 Å². The van der Waals surface area contributed by atoms with E-state index in [0.717, 1.165) is 53.8 Å². The van der Waals surface area contributed by atoms with E-state index in [1.165, 1.54) is 18.4 Å². The maximum atomic E-state index is 13.7. The van der Waals surface area contributed by atoms with E-state index in [-0.39, 0.29) is 5.91 Å². The van der Waals surface area contributed by atoms with Gasteiger partial charge in [0.25, 0.3) is 5.91 Å². The number of esters is 1. The van der Waals surface area contributed by atoms with Crippen LogP contribution in [0.15, 0.2) is 54.6 Å². The summed E-state index contributed by atoms with van der Waals surface area (Å²) < 4.78 is 5.01. The Kier molecular flexibility index (Phi) is 6.55. The van der Waals surface area contributed by atoms with Crippen molar-refractivity contribution in [1.82, 2.24) is 5.32 Å². The van der Waals surface area contributed by atoms with Crippen LogP contribution in [0.4, 0.5) is 15.5 Å². The Labute approximate surface area is 208 Å². The third kappa shape index (κ3) is 4.53. The predicted octanol–water partition coefficient (Wildman–Crippen LogP) is 4.87. The number of para-hydroxylation sites is 1. The first kappa shape index (κ1) is 23.1. The van der Waals surface area contributed by atoms with Gasteiger partial charge in [0, 0.05) is 17.1 Å². The Hall–Kier alpha value is -3.65. The highest BCUT2D eigenvalue weighted by Crippen LogP contribution is 2.38. The molecular weight excluding hydrogens is 462 g/mol. The second-order valence-corrected chi connectivity index (χ2v) is 9.82. The summed E-state index contributed by atoms with van der Waals surface area (Å²) in [5.41, 5.74) is 4.07. The van der Waals surface area contributed by atoms with Crippen LogP contribution in [0, 0.1) is 0 Å². The molecule has 3 aromatic rings. The van der Waals surface area contributed by atoms with Gasteiger partial charge < -0.3 is 15.0 Å². The minimum Gasteiger partial charge on any atom is -0.465 e. The highest BCUT2D eigenvalue weighted by atomic mass is 32.1. The molecule has 0 radical (unpaired) electrons. The smallest absolute Gasteiger partial charge is 0.341 e. The van der Waals surface area contributed by atoms with Crippen molar-refractivity contribution >= 4 is 39.9 Å². The van der Waals surface area contributed by atoms with E-state index >= 15 is 0 Å². The molecule has 8 heteroatoms. The molecule has 2 aromatic carbocycles. The minimum atomic E-state index is -0.876. The highest BCUT2D eigenvalue weighted by Gasteiger charge is 2.33. The molecule has 2 N–H and O–H groups in total. The number of nitrogens with zero attached hydrogens (tertiary/aromatic N) is 1. The monoisotopic (exact) mass is 489 g/mol. The Morgan fingerprint density at radius 1 is 0.971 bits per heavy atom. The molecule has 1 aliphatic heterocycles. The van der Waals surface area contributed by atoms with Crippen LogP contribution in [0.1, 0.15) is 50.8 Å². The van der Waals surface area contributed by atoms with Gasteiger partial charge in [0.1, 0.15) is 11.0 Å². The molecular formula is C27H27N3O4S. The summed E-state index contributed by atoms with van der Waals surface area (Å²) in [6.07, 6.45) is 4.51. The molecule has 0 unspecified atom stereocenters. The number of rotatable bonds is 5. The maximum Gasteiger partial charge on any atom is 0.341 e. The molecule has 35 heavy (non-hydrogen) atoms. The van der Waals surface area contributed by atoms with Crippen LogP contribution in [0.5, 0.6) is 0 Å². The maximum absolute atomic E-state index is 13.7. The number of anilines is 2. The number of nitrogens with one attached hydrogen (secondary N) is 2. The fourth-order valence-electron chi connectivity index (χ4n) is 4.90. The van der Waals surface area contributed by atoms with Gasteiger partial charge in [-0.25, -0.2) is 9.59 Å². The number of benzene rings is 2. The number of carbonyl (C=O) groups is 3. The normalized spacial score (nSPS) is 15.1. The van der Waals surface area contributed by atoms with E-state index in [4.69, 9.17) is 4.74 Å². The van der Waals surface area contributed by atoms with Crippen LogP contribution < -0.4 is 15.5 Å². The van der Waals surface area contributed by atoms with Crippen molar-refractivity contribution in [1.29, 1.82) is 0 Å². The number of carbonyl (C=O) groups excluding carboxylic acids is 3. The average molecular weight is 490 g/mol. The molecule has 3 amide bonds. The molecule has 2 heterocycles. The minimum absolute atomic E-state index is 0.199. The van der Waals surface area contributed by atoms with Gasteiger partial charge in [-0.3, -0.25) is 10.1 Å². The number of urea groups is 1. The molecule has 5 rings (SSSR count). The second kappa shape index (κ2) is 9.92. The zero-order valence-electron chi connectivity index (χ0n) is 19.5. The van der Waals surface area contributed by atoms with E-state index < -0.39 is 18.0 Å². The van der Waals surface area contributed by atoms with Crippen molar-refractivity contribution in [2.45, 2.75) is 38.1 Å². The van der Waals surface area contributed by atoms with Crippen LogP contribution in [0.25, 0.3) is 0 Å². The molecule has 1 aromatic heterocycles. The van der Waals surface area contributed by atoms with Crippen molar-refractivity contribution in [3.63, 3.8) is 0 Å². The van der Waals surface area contributed by atoms with Crippen LogP contribution in [-0.4, -0.2) is 31.6 Å². The number of thiophene rings is 1. The van der Waals surface area contributed by atoms with Gasteiger partial charge in [-0.1, -0.05) is 48.5 Å². The zero-order chi connectivity index (χ0) is 24.4. The third-order valence-electron chi connectivity index (χ3n) is 6.60. The summed E-state index contributed by atoms with van der Waals surface area (Å²) >= 11 is 1.41. The summed E-state index contributed by atoms with van der Waals surface area (Å²) in [4.78, 5) is 42.3. The van der Waals surface area contributed by atoms with Gasteiger partial charge in [0.05, 0.1) is 12.7 Å². The number of fused-ring (bicyclic) bond motifs is 2. The van der Waals surface area contributed by atoms with Gasteiger partial charge in [-0.2, -0.15) is 0 Å². The first-order valence-corrected chi connectivity index (χ1v) is 12.6. The fraction of sp³-hybridized carbons (Fsp3) is 0.296. The molecule has 0 saturated carbocycles. The highest BCUT2D eigenvalue weighted by molar-refractivity contribution is 7.17. The van der Waals surface area contributed by atoms with Gasteiger partial charge in [-0.05, 0) is 54.9 Å². The zero-order valence-corrected chi connectivity index (χ0v) is 20.3. The Bertz CT molecular complexity index is 1270. The van der Waals surface area contributed by atoms with Crippen molar-refractivity contribution < 1.29 is 19.1 Å². The van der Waals surface area contributed by atoms with Crippen molar-refractivity contribution in [3.8, 4) is 0 Å². The first-order chi connectivity index (χ1) is 17.1. The number of hydrogen-bond donors (Lipinski definition) is 2. The summed E-state index contributed by atoms with van der Waals surface area (Å²) in [6.45, 7) is 0.564. The lowest BCUT2D eigenvalue weighted by Gasteiger charge is -2.25. The van der Waals surface area contributed by atoms with Crippen LogP contribution >= 0.6 is 11.3 Å². The molecule has 0 saturated heterocycles.